The van der Waals surface area contributed by atoms with Crippen LogP contribution in [-0.2, 0) is 0 Å². The van der Waals surface area contributed by atoms with Crippen molar-refractivity contribution in [1.29, 1.82) is 0 Å². The van der Waals surface area contributed by atoms with Crippen LogP contribution in [0.15, 0.2) is 33.2 Å². The number of halogens is 2. The van der Waals surface area contributed by atoms with Gasteiger partial charge in [0.15, 0.2) is 0 Å². The van der Waals surface area contributed by atoms with E-state index in [4.69, 9.17) is 0 Å². The van der Waals surface area contributed by atoms with Crippen LogP contribution in [0.5, 0.6) is 11.5 Å². The minimum atomic E-state index is 0.191. The third-order valence-corrected chi connectivity index (χ3v) is 3.25. The fourth-order valence-electron chi connectivity index (χ4n) is 1.34. The van der Waals surface area contributed by atoms with Gasteiger partial charge in [-0.05, 0) is 24.3 Å². The average Bonchev–Trinajstić information content (AvgIpc) is 2.07. The van der Waals surface area contributed by atoms with E-state index in [0.717, 1.165) is 19.7 Å². The maximum atomic E-state index is 9.39. The Morgan fingerprint density at radius 2 is 1.07 bits per heavy atom. The summed E-state index contributed by atoms with van der Waals surface area (Å²) >= 11 is 6.65. The van der Waals surface area contributed by atoms with E-state index in [2.05, 4.69) is 31.9 Å². The molecule has 0 aliphatic heterocycles. The van der Waals surface area contributed by atoms with Gasteiger partial charge in [0.25, 0.3) is 0 Å². The molecule has 0 aliphatic carbocycles. The summed E-state index contributed by atoms with van der Waals surface area (Å²) in [7, 11) is 0. The molecule has 0 atom stereocenters. The Hall–Kier alpha value is -0.740. The van der Waals surface area contributed by atoms with Gasteiger partial charge in [0.2, 0.25) is 0 Å². The van der Waals surface area contributed by atoms with Crippen LogP contribution in [0.4, 0.5) is 0 Å². The smallest absolute Gasteiger partial charge is 0.117 e. The molecule has 0 amide bonds. The first kappa shape index (κ1) is 9.80. The lowest BCUT2D eigenvalue weighted by Gasteiger charge is -2.05. The first-order valence-corrected chi connectivity index (χ1v) is 5.47. The first-order valence-electron chi connectivity index (χ1n) is 3.88. The second-order valence-electron chi connectivity index (χ2n) is 2.95. The van der Waals surface area contributed by atoms with E-state index >= 15 is 0 Å². The van der Waals surface area contributed by atoms with E-state index < -0.39 is 0 Å². The predicted molar refractivity (Wildman–Crippen MR) is 62.7 cm³/mol. The zero-order chi connectivity index (χ0) is 10.3. The van der Waals surface area contributed by atoms with Crippen molar-refractivity contribution in [2.75, 3.05) is 0 Å². The molecular formula is C10H6Br2O2. The second-order valence-corrected chi connectivity index (χ2v) is 4.66. The monoisotopic (exact) mass is 316 g/mol. The zero-order valence-electron chi connectivity index (χ0n) is 6.96. The highest BCUT2D eigenvalue weighted by Crippen LogP contribution is 2.36. The molecule has 4 heteroatoms. The number of phenolic OH excluding ortho intramolecular Hbond substituents is 2. The Bertz CT molecular complexity index is 462. The van der Waals surface area contributed by atoms with Crippen LogP contribution < -0.4 is 0 Å². The van der Waals surface area contributed by atoms with Gasteiger partial charge in [0.05, 0.1) is 0 Å². The average molecular weight is 318 g/mol. The number of phenols is 2. The molecular weight excluding hydrogens is 312 g/mol. The van der Waals surface area contributed by atoms with E-state index in [1.807, 2.05) is 0 Å². The third-order valence-electron chi connectivity index (χ3n) is 1.94. The quantitative estimate of drug-likeness (QED) is 0.776. The molecule has 2 aromatic carbocycles. The van der Waals surface area contributed by atoms with E-state index in [0.29, 0.717) is 0 Å². The van der Waals surface area contributed by atoms with Crippen LogP contribution >= 0.6 is 31.9 Å². The number of hydrogen-bond donors (Lipinski definition) is 2. The maximum absolute atomic E-state index is 9.39. The molecule has 0 heterocycles. The lowest BCUT2D eigenvalue weighted by Crippen LogP contribution is -1.77. The molecule has 2 rings (SSSR count). The Balaban J connectivity index is 2.94. The van der Waals surface area contributed by atoms with Crippen LogP contribution in [0.1, 0.15) is 0 Å². The number of rotatable bonds is 0. The fourth-order valence-corrected chi connectivity index (χ4v) is 2.47. The molecule has 0 spiro atoms. The molecule has 72 valence electrons. The molecule has 0 unspecified atom stereocenters. The molecule has 2 aromatic rings. The Kier molecular flexibility index (Phi) is 2.41. The van der Waals surface area contributed by atoms with E-state index in [9.17, 15) is 10.2 Å². The van der Waals surface area contributed by atoms with Gasteiger partial charge in [-0.25, -0.2) is 0 Å². The highest BCUT2D eigenvalue weighted by atomic mass is 79.9. The van der Waals surface area contributed by atoms with Crippen molar-refractivity contribution in [2.24, 2.45) is 0 Å². The number of benzene rings is 2. The topological polar surface area (TPSA) is 40.5 Å². The standard InChI is InChI=1S/C10H6Br2O2/c11-9-4-6(14)2-8-7(9)1-5(13)3-10(8)12/h1-4,13-14H. The molecule has 2 nitrogen and oxygen atoms in total. The van der Waals surface area contributed by atoms with Gasteiger partial charge in [-0.15, -0.1) is 0 Å². The van der Waals surface area contributed by atoms with Crippen molar-refractivity contribution in [3.05, 3.63) is 33.2 Å². The van der Waals surface area contributed by atoms with Gasteiger partial charge in [0, 0.05) is 19.7 Å². The van der Waals surface area contributed by atoms with Crippen LogP contribution in [0.2, 0.25) is 0 Å². The van der Waals surface area contributed by atoms with Crippen LogP contribution in [0.25, 0.3) is 10.8 Å². The van der Waals surface area contributed by atoms with Crippen molar-refractivity contribution in [3.8, 4) is 11.5 Å². The lowest BCUT2D eigenvalue weighted by molar-refractivity contribution is 0.473. The third kappa shape index (κ3) is 1.60. The summed E-state index contributed by atoms with van der Waals surface area (Å²) < 4.78 is 1.51. The maximum Gasteiger partial charge on any atom is 0.117 e. The van der Waals surface area contributed by atoms with Gasteiger partial charge in [0.1, 0.15) is 11.5 Å². The minimum absolute atomic E-state index is 0.191. The summed E-state index contributed by atoms with van der Waals surface area (Å²) in [5.41, 5.74) is 0. The molecule has 0 aromatic heterocycles. The molecule has 14 heavy (non-hydrogen) atoms. The summed E-state index contributed by atoms with van der Waals surface area (Å²) in [6.07, 6.45) is 0. The fraction of sp³-hybridized carbons (Fsp3) is 0. The number of aromatic hydroxyl groups is 2. The predicted octanol–water partition coefficient (Wildman–Crippen LogP) is 3.78. The molecule has 0 fully saturated rings. The summed E-state index contributed by atoms with van der Waals surface area (Å²) in [6.45, 7) is 0. The Morgan fingerprint density at radius 1 is 0.714 bits per heavy atom. The van der Waals surface area contributed by atoms with Crippen molar-refractivity contribution in [2.45, 2.75) is 0 Å². The van der Waals surface area contributed by atoms with Crippen LogP contribution in [0, 0.1) is 0 Å². The highest BCUT2D eigenvalue weighted by molar-refractivity contribution is 9.11. The normalized spacial score (nSPS) is 10.7. The summed E-state index contributed by atoms with van der Waals surface area (Å²) in [6, 6.07) is 6.47. The van der Waals surface area contributed by atoms with Crippen molar-refractivity contribution < 1.29 is 10.2 Å². The first-order chi connectivity index (χ1) is 6.58. The minimum Gasteiger partial charge on any atom is -0.508 e. The van der Waals surface area contributed by atoms with Gasteiger partial charge in [-0.2, -0.15) is 0 Å². The van der Waals surface area contributed by atoms with E-state index in [1.54, 1.807) is 24.3 Å². The van der Waals surface area contributed by atoms with Crippen molar-refractivity contribution in [3.63, 3.8) is 0 Å². The van der Waals surface area contributed by atoms with E-state index in [1.165, 1.54) is 0 Å². The largest absolute Gasteiger partial charge is 0.508 e. The van der Waals surface area contributed by atoms with E-state index in [-0.39, 0.29) is 11.5 Å². The molecule has 0 radical (unpaired) electrons. The molecule has 0 saturated carbocycles. The SMILES string of the molecule is Oc1cc(Br)c2cc(O)cc(Br)c2c1. The van der Waals surface area contributed by atoms with Gasteiger partial charge in [-0.1, -0.05) is 31.9 Å². The molecule has 0 aliphatic rings. The highest BCUT2D eigenvalue weighted by Gasteiger charge is 2.06. The van der Waals surface area contributed by atoms with Crippen LogP contribution in [-0.4, -0.2) is 10.2 Å². The molecule has 2 N–H and O–H groups in total. The molecule has 0 bridgehead atoms. The lowest BCUT2D eigenvalue weighted by atomic mass is 10.1. The summed E-state index contributed by atoms with van der Waals surface area (Å²) in [4.78, 5) is 0. The van der Waals surface area contributed by atoms with Crippen LogP contribution in [0.3, 0.4) is 0 Å². The van der Waals surface area contributed by atoms with Crippen molar-refractivity contribution >= 4 is 42.6 Å². The Labute approximate surface area is 97.4 Å². The summed E-state index contributed by atoms with van der Waals surface area (Å²) in [5, 5.41) is 20.5. The summed E-state index contributed by atoms with van der Waals surface area (Å²) in [5.74, 6) is 0.381. The molecule has 0 saturated heterocycles. The van der Waals surface area contributed by atoms with Gasteiger partial charge < -0.3 is 10.2 Å². The number of hydrogen-bond acceptors (Lipinski definition) is 2. The zero-order valence-corrected chi connectivity index (χ0v) is 10.1. The Morgan fingerprint density at radius 3 is 1.43 bits per heavy atom. The number of fused-ring (bicyclic) bond motifs is 1. The van der Waals surface area contributed by atoms with Gasteiger partial charge in [-0.3, -0.25) is 0 Å². The second kappa shape index (κ2) is 3.44. The van der Waals surface area contributed by atoms with Crippen molar-refractivity contribution in [1.82, 2.24) is 0 Å². The van der Waals surface area contributed by atoms with Gasteiger partial charge >= 0.3 is 0 Å².